The van der Waals surface area contributed by atoms with Crippen LogP contribution in [0, 0.1) is 18.6 Å². The number of halogens is 2. The van der Waals surface area contributed by atoms with Crippen LogP contribution in [0.5, 0.6) is 5.75 Å². The van der Waals surface area contributed by atoms with E-state index in [0.717, 1.165) is 0 Å². The maximum atomic E-state index is 14.0. The molecular weight excluding hydrogens is 408 g/mol. The van der Waals surface area contributed by atoms with Gasteiger partial charge in [-0.3, -0.25) is 4.79 Å². The van der Waals surface area contributed by atoms with E-state index in [4.69, 9.17) is 4.74 Å². The van der Waals surface area contributed by atoms with Gasteiger partial charge in [0, 0.05) is 26.2 Å². The van der Waals surface area contributed by atoms with Crippen LogP contribution < -0.4 is 9.64 Å². The Morgan fingerprint density at radius 1 is 1.07 bits per heavy atom. The van der Waals surface area contributed by atoms with Gasteiger partial charge in [0.2, 0.25) is 0 Å². The summed E-state index contributed by atoms with van der Waals surface area (Å²) in [6.07, 6.45) is 0. The maximum Gasteiger partial charge on any atom is 0.265 e. The van der Waals surface area contributed by atoms with Crippen molar-refractivity contribution in [3.63, 3.8) is 0 Å². The molecule has 2 aromatic carbocycles. The van der Waals surface area contributed by atoms with E-state index < -0.39 is 0 Å². The number of aryl methyl sites for hydroxylation is 1. The Hall–Kier alpha value is -3.00. The Bertz CT molecular complexity index is 1030. The lowest BCUT2D eigenvalue weighted by molar-refractivity contribution is 0.0750. The average molecular weight is 429 g/mol. The largest absolute Gasteiger partial charge is 0.486 e. The van der Waals surface area contributed by atoms with Crippen LogP contribution in [0.4, 0.5) is 14.5 Å². The fraction of sp³-hybridized carbons (Fsp3) is 0.273. The van der Waals surface area contributed by atoms with Crippen molar-refractivity contribution in [3.8, 4) is 5.75 Å². The predicted molar refractivity (Wildman–Crippen MR) is 112 cm³/mol. The zero-order chi connectivity index (χ0) is 21.1. The number of aromatic nitrogens is 1. The highest BCUT2D eigenvalue weighted by Gasteiger charge is 2.26. The summed E-state index contributed by atoms with van der Waals surface area (Å²) in [6.45, 7) is 4.21. The topological polar surface area (TPSA) is 45.7 Å². The molecule has 1 aliphatic heterocycles. The van der Waals surface area contributed by atoms with Crippen LogP contribution in [0.15, 0.2) is 48.5 Å². The summed E-state index contributed by atoms with van der Waals surface area (Å²) < 4.78 is 32.6. The van der Waals surface area contributed by atoms with E-state index >= 15 is 0 Å². The van der Waals surface area contributed by atoms with Gasteiger partial charge in [-0.2, -0.15) is 0 Å². The van der Waals surface area contributed by atoms with Gasteiger partial charge < -0.3 is 14.5 Å². The number of carbonyl (C=O) groups excluding carboxylic acids is 1. The number of anilines is 1. The number of thiazole rings is 1. The van der Waals surface area contributed by atoms with Crippen molar-refractivity contribution in [1.29, 1.82) is 0 Å². The molecule has 0 radical (unpaired) electrons. The van der Waals surface area contributed by atoms with Crippen LogP contribution in [-0.2, 0) is 6.61 Å². The molecule has 5 nitrogen and oxygen atoms in total. The third-order valence-corrected chi connectivity index (χ3v) is 6.09. The molecule has 1 aliphatic rings. The number of hydrogen-bond donors (Lipinski definition) is 0. The van der Waals surface area contributed by atoms with Crippen molar-refractivity contribution < 1.29 is 18.3 Å². The number of piperazine rings is 1. The molecule has 0 unspecified atom stereocenters. The summed E-state index contributed by atoms with van der Waals surface area (Å²) in [6, 6.07) is 12.5. The number of rotatable bonds is 5. The SMILES string of the molecule is Cc1nc(COc2ccc(F)cc2)sc1C(=O)N1CCN(c2ccccc2F)CC1. The first-order chi connectivity index (χ1) is 14.5. The van der Waals surface area contributed by atoms with Gasteiger partial charge in [-0.15, -0.1) is 11.3 Å². The monoisotopic (exact) mass is 429 g/mol. The number of nitrogens with zero attached hydrogens (tertiary/aromatic N) is 3. The average Bonchev–Trinajstić information content (AvgIpc) is 3.14. The van der Waals surface area contributed by atoms with E-state index in [9.17, 15) is 13.6 Å². The molecule has 1 aromatic heterocycles. The Morgan fingerprint density at radius 3 is 2.47 bits per heavy atom. The third-order valence-electron chi connectivity index (χ3n) is 4.97. The van der Waals surface area contributed by atoms with Crippen molar-refractivity contribution in [2.75, 3.05) is 31.1 Å². The van der Waals surface area contributed by atoms with Gasteiger partial charge in [-0.25, -0.2) is 13.8 Å². The number of amides is 1. The van der Waals surface area contributed by atoms with Gasteiger partial charge in [0.05, 0.1) is 11.4 Å². The Balaban J connectivity index is 1.37. The van der Waals surface area contributed by atoms with Crippen LogP contribution in [-0.4, -0.2) is 42.0 Å². The molecule has 1 amide bonds. The third kappa shape index (κ3) is 4.43. The summed E-state index contributed by atoms with van der Waals surface area (Å²) in [5.74, 6) is -0.0931. The van der Waals surface area contributed by atoms with Crippen LogP contribution in [0.25, 0.3) is 0 Å². The summed E-state index contributed by atoms with van der Waals surface area (Å²) in [5, 5.41) is 0.685. The number of benzene rings is 2. The minimum absolute atomic E-state index is 0.0637. The van der Waals surface area contributed by atoms with Crippen molar-refractivity contribution >= 4 is 22.9 Å². The van der Waals surface area contributed by atoms with Crippen LogP contribution in [0.2, 0.25) is 0 Å². The van der Waals surface area contributed by atoms with E-state index in [-0.39, 0.29) is 24.1 Å². The van der Waals surface area contributed by atoms with Crippen LogP contribution in [0.3, 0.4) is 0 Å². The van der Waals surface area contributed by atoms with Gasteiger partial charge in [-0.05, 0) is 43.3 Å². The molecular formula is C22H21F2N3O2S. The van der Waals surface area contributed by atoms with Crippen molar-refractivity contribution in [2.45, 2.75) is 13.5 Å². The highest BCUT2D eigenvalue weighted by atomic mass is 32.1. The first kappa shape index (κ1) is 20.3. The Labute approximate surface area is 177 Å². The highest BCUT2D eigenvalue weighted by Crippen LogP contribution is 2.24. The van der Waals surface area contributed by atoms with Gasteiger partial charge >= 0.3 is 0 Å². The molecule has 0 N–H and O–H groups in total. The normalized spacial score (nSPS) is 14.1. The van der Waals surface area contributed by atoms with E-state index in [1.165, 1.54) is 29.5 Å². The van der Waals surface area contributed by atoms with E-state index in [2.05, 4.69) is 4.98 Å². The molecule has 2 heterocycles. The second kappa shape index (κ2) is 8.79. The molecule has 4 rings (SSSR count). The van der Waals surface area contributed by atoms with Gasteiger partial charge in [0.1, 0.15) is 33.9 Å². The zero-order valence-corrected chi connectivity index (χ0v) is 17.3. The minimum Gasteiger partial charge on any atom is -0.486 e. The molecule has 156 valence electrons. The zero-order valence-electron chi connectivity index (χ0n) is 16.5. The molecule has 30 heavy (non-hydrogen) atoms. The summed E-state index contributed by atoms with van der Waals surface area (Å²) in [5.41, 5.74) is 1.23. The lowest BCUT2D eigenvalue weighted by Gasteiger charge is -2.36. The molecule has 0 atom stereocenters. The van der Waals surface area contributed by atoms with Crippen LogP contribution in [0.1, 0.15) is 20.4 Å². The summed E-state index contributed by atoms with van der Waals surface area (Å²) in [7, 11) is 0. The number of carbonyl (C=O) groups is 1. The number of para-hydroxylation sites is 1. The van der Waals surface area contributed by atoms with Crippen LogP contribution >= 0.6 is 11.3 Å². The van der Waals surface area contributed by atoms with Crippen molar-refractivity contribution in [2.24, 2.45) is 0 Å². The summed E-state index contributed by atoms with van der Waals surface area (Å²) in [4.78, 5) is 21.8. The van der Waals surface area contributed by atoms with Crippen molar-refractivity contribution in [3.05, 3.63) is 75.7 Å². The Morgan fingerprint density at radius 2 is 1.77 bits per heavy atom. The van der Waals surface area contributed by atoms with Gasteiger partial charge in [-0.1, -0.05) is 12.1 Å². The fourth-order valence-electron chi connectivity index (χ4n) is 3.39. The summed E-state index contributed by atoms with van der Waals surface area (Å²) >= 11 is 1.31. The second-order valence-electron chi connectivity index (χ2n) is 7.00. The smallest absolute Gasteiger partial charge is 0.265 e. The fourth-order valence-corrected chi connectivity index (χ4v) is 4.34. The highest BCUT2D eigenvalue weighted by molar-refractivity contribution is 7.13. The minimum atomic E-state index is -0.324. The Kier molecular flexibility index (Phi) is 5.94. The maximum absolute atomic E-state index is 14.0. The lowest BCUT2D eigenvalue weighted by atomic mass is 10.2. The number of ether oxygens (including phenoxy) is 1. The van der Waals surface area contributed by atoms with E-state index in [0.29, 0.717) is 53.2 Å². The molecule has 1 fully saturated rings. The molecule has 3 aromatic rings. The van der Waals surface area contributed by atoms with Gasteiger partial charge in [0.25, 0.3) is 5.91 Å². The molecule has 8 heteroatoms. The standard InChI is InChI=1S/C22H21F2N3O2S/c1-15-21(30-20(25-15)14-29-17-8-6-16(23)7-9-17)22(28)27-12-10-26(11-13-27)19-5-3-2-4-18(19)24/h2-9H,10-14H2,1H3. The van der Waals surface area contributed by atoms with E-state index in [1.807, 2.05) is 11.0 Å². The molecule has 0 spiro atoms. The molecule has 0 bridgehead atoms. The first-order valence-electron chi connectivity index (χ1n) is 9.64. The second-order valence-corrected chi connectivity index (χ2v) is 8.08. The number of hydrogen-bond acceptors (Lipinski definition) is 5. The predicted octanol–water partition coefficient (Wildman–Crippen LogP) is 4.27. The van der Waals surface area contributed by atoms with E-state index in [1.54, 1.807) is 36.1 Å². The molecule has 1 saturated heterocycles. The lowest BCUT2D eigenvalue weighted by Crippen LogP contribution is -2.49. The van der Waals surface area contributed by atoms with Crippen molar-refractivity contribution in [1.82, 2.24) is 9.88 Å². The molecule has 0 aliphatic carbocycles. The van der Waals surface area contributed by atoms with Gasteiger partial charge in [0.15, 0.2) is 0 Å². The first-order valence-corrected chi connectivity index (χ1v) is 10.5. The quantitative estimate of drug-likeness (QED) is 0.608. The molecule has 0 saturated carbocycles.